The summed E-state index contributed by atoms with van der Waals surface area (Å²) in [6.07, 6.45) is 9.61. The van der Waals surface area contributed by atoms with Gasteiger partial charge >= 0.3 is 12.1 Å². The van der Waals surface area contributed by atoms with Crippen LogP contribution in [0.3, 0.4) is 0 Å². The lowest BCUT2D eigenvalue weighted by atomic mass is 9.89. The van der Waals surface area contributed by atoms with E-state index in [9.17, 15) is 24.0 Å². The highest BCUT2D eigenvalue weighted by Crippen LogP contribution is 2.27. The number of urea groups is 1. The zero-order valence-electron chi connectivity index (χ0n) is 37.1. The van der Waals surface area contributed by atoms with Crippen LogP contribution in [0.1, 0.15) is 64.0 Å². The number of pyridine rings is 1. The lowest BCUT2D eigenvalue weighted by Crippen LogP contribution is -2.59. The monoisotopic (exact) mass is 870 g/mol. The van der Waals surface area contributed by atoms with Gasteiger partial charge in [-0.1, -0.05) is 29.8 Å². The molecule has 16 heteroatoms. The summed E-state index contributed by atoms with van der Waals surface area (Å²) in [5.41, 5.74) is 4.62. The van der Waals surface area contributed by atoms with Crippen molar-refractivity contribution < 1.29 is 28.7 Å². The minimum absolute atomic E-state index is 0.0523. The summed E-state index contributed by atoms with van der Waals surface area (Å²) in [5, 5.41) is 15.8. The molecule has 4 aliphatic heterocycles. The Hall–Kier alpha value is -6.58. The highest BCUT2D eigenvalue weighted by atomic mass is 16.6. The van der Waals surface area contributed by atoms with Crippen molar-refractivity contribution in [1.29, 1.82) is 0 Å². The SMILES string of the molecule is Cc1cc(C[C@@H](NC(=O)N2CCC(=C3C=c4ccccc4=NC3=O)CC2)C(=O)N[C@@H](CC2CCN(C(=O)OC(C)(C)C)CC2)C(=O)N2CCN(c3ccncc3)CC2)cc2cn[nH]c12. The molecule has 2 aromatic carbocycles. The number of anilines is 1. The molecular weight excluding hydrogens is 813 g/mol. The predicted octanol–water partition coefficient (Wildman–Crippen LogP) is 3.79. The Morgan fingerprint density at radius 3 is 2.30 bits per heavy atom. The van der Waals surface area contributed by atoms with E-state index in [1.165, 1.54) is 0 Å². The molecule has 0 radical (unpaired) electrons. The molecule has 8 rings (SSSR count). The number of nitrogens with one attached hydrogen (secondary N) is 3. The smallest absolute Gasteiger partial charge is 0.410 e. The van der Waals surface area contributed by atoms with Gasteiger partial charge in [0.15, 0.2) is 0 Å². The van der Waals surface area contributed by atoms with E-state index in [4.69, 9.17) is 4.74 Å². The molecule has 3 N–H and O–H groups in total. The Morgan fingerprint density at radius 2 is 1.58 bits per heavy atom. The first-order chi connectivity index (χ1) is 30.8. The molecule has 2 aromatic heterocycles. The number of H-pyrrole nitrogens is 1. The van der Waals surface area contributed by atoms with Gasteiger partial charge in [0.25, 0.3) is 5.91 Å². The van der Waals surface area contributed by atoms with E-state index in [0.717, 1.165) is 38.5 Å². The number of aromatic nitrogens is 3. The second-order valence-corrected chi connectivity index (χ2v) is 18.3. The molecule has 6 amide bonds. The Kier molecular flexibility index (Phi) is 13.1. The van der Waals surface area contributed by atoms with Crippen molar-refractivity contribution in [2.24, 2.45) is 10.9 Å². The number of ether oxygens (including phenoxy) is 1. The Labute approximate surface area is 372 Å². The average Bonchev–Trinajstić information content (AvgIpc) is 3.78. The lowest BCUT2D eigenvalue weighted by molar-refractivity contribution is -0.137. The molecule has 16 nitrogen and oxygen atoms in total. The molecule has 0 aliphatic carbocycles. The molecule has 0 unspecified atom stereocenters. The van der Waals surface area contributed by atoms with Gasteiger partial charge in [0, 0.05) is 93.0 Å². The number of para-hydroxylation sites is 1. The number of hydrogen-bond donors (Lipinski definition) is 3. The van der Waals surface area contributed by atoms with E-state index in [2.05, 4.69) is 35.7 Å². The van der Waals surface area contributed by atoms with Crippen molar-refractivity contribution in [3.63, 3.8) is 0 Å². The van der Waals surface area contributed by atoms with Gasteiger partial charge in [0.05, 0.1) is 17.1 Å². The summed E-state index contributed by atoms with van der Waals surface area (Å²) in [4.78, 5) is 85.2. The summed E-state index contributed by atoms with van der Waals surface area (Å²) in [5.74, 6) is -0.850. The lowest BCUT2D eigenvalue weighted by Gasteiger charge is -2.39. The van der Waals surface area contributed by atoms with Gasteiger partial charge in [-0.15, -0.1) is 0 Å². The van der Waals surface area contributed by atoms with Gasteiger partial charge in [0.2, 0.25) is 11.8 Å². The molecule has 4 aliphatic rings. The summed E-state index contributed by atoms with van der Waals surface area (Å²) >= 11 is 0. The number of fused-ring (bicyclic) bond motifs is 2. The van der Waals surface area contributed by atoms with Crippen LogP contribution in [0.5, 0.6) is 0 Å². The standard InChI is InChI=1S/C48H58N10O6/c1-31-25-33(26-36-30-50-54-42(31)36)28-40(53-46(62)57-19-13-34(14-20-57)38-29-35-7-5-6-8-39(35)51-43(38)59)44(60)52-41(27-32-11-17-58(18-12-32)47(63)64-48(2,3)4)45(61)56-23-21-55(22-24-56)37-9-15-49-16-10-37/h5-10,15-16,25-26,29-30,32,40-41H,11-14,17-24,27-28H2,1-4H3,(H,50,54)(H,52,60)(H,53,62)/t40-,41+/m1/s1. The number of aryl methyl sites for hydroxylation is 1. The van der Waals surface area contributed by atoms with Crippen molar-refractivity contribution in [2.75, 3.05) is 57.3 Å². The fourth-order valence-corrected chi connectivity index (χ4v) is 9.18. The Balaban J connectivity index is 0.998. The number of carbonyl (C=O) groups is 5. The van der Waals surface area contributed by atoms with Crippen molar-refractivity contribution in [2.45, 2.75) is 83.9 Å². The van der Waals surface area contributed by atoms with Crippen molar-refractivity contribution in [3.8, 4) is 0 Å². The number of nitrogens with zero attached hydrogens (tertiary/aromatic N) is 7. The third-order valence-electron chi connectivity index (χ3n) is 12.7. The first kappa shape index (κ1) is 44.0. The van der Waals surface area contributed by atoms with Crippen molar-refractivity contribution >= 4 is 52.5 Å². The third-order valence-corrected chi connectivity index (χ3v) is 12.7. The van der Waals surface area contributed by atoms with Gasteiger partial charge in [0.1, 0.15) is 17.7 Å². The van der Waals surface area contributed by atoms with Crippen LogP contribution in [0.4, 0.5) is 15.3 Å². The van der Waals surface area contributed by atoms with E-state index in [0.29, 0.717) is 95.4 Å². The molecular formula is C48H58N10O6. The van der Waals surface area contributed by atoms with Gasteiger partial charge < -0.3 is 35.0 Å². The van der Waals surface area contributed by atoms with Gasteiger partial charge in [-0.2, -0.15) is 5.10 Å². The molecule has 4 aromatic rings. The number of rotatable bonds is 9. The second kappa shape index (κ2) is 19.0. The minimum Gasteiger partial charge on any atom is -0.444 e. The summed E-state index contributed by atoms with van der Waals surface area (Å²) in [7, 11) is 0. The first-order valence-corrected chi connectivity index (χ1v) is 22.4. The van der Waals surface area contributed by atoms with Crippen LogP contribution in [-0.4, -0.2) is 130 Å². The second-order valence-electron chi connectivity index (χ2n) is 18.3. The third kappa shape index (κ3) is 10.4. The van der Waals surface area contributed by atoms with Crippen molar-refractivity contribution in [3.05, 3.63) is 100.0 Å². The largest absolute Gasteiger partial charge is 0.444 e. The van der Waals surface area contributed by atoms with Crippen LogP contribution in [0.2, 0.25) is 0 Å². The number of aromatic amines is 1. The number of piperidine rings is 2. The normalized spacial score (nSPS) is 18.2. The molecule has 0 bridgehead atoms. The highest BCUT2D eigenvalue weighted by Gasteiger charge is 2.36. The molecule has 0 saturated carbocycles. The molecule has 64 heavy (non-hydrogen) atoms. The van der Waals surface area contributed by atoms with Crippen LogP contribution in [0.15, 0.2) is 83.3 Å². The highest BCUT2D eigenvalue weighted by molar-refractivity contribution is 6.04. The molecule has 336 valence electrons. The quantitative estimate of drug-likeness (QED) is 0.211. The van der Waals surface area contributed by atoms with Crippen LogP contribution in [0.25, 0.3) is 17.0 Å². The summed E-state index contributed by atoms with van der Waals surface area (Å²) in [6.45, 7) is 11.4. The fraction of sp³-hybridized carbons (Fsp3) is 0.458. The average molecular weight is 871 g/mol. The summed E-state index contributed by atoms with van der Waals surface area (Å²) < 4.78 is 5.63. The van der Waals surface area contributed by atoms with E-state index in [1.807, 2.05) is 87.2 Å². The number of hydrogen-bond acceptors (Lipinski definition) is 9. The molecule has 3 saturated heterocycles. The fourth-order valence-electron chi connectivity index (χ4n) is 9.18. The topological polar surface area (TPSA) is 186 Å². The van der Waals surface area contributed by atoms with E-state index < -0.39 is 29.6 Å². The number of piperazine rings is 1. The first-order valence-electron chi connectivity index (χ1n) is 22.4. The minimum atomic E-state index is -1.02. The maximum Gasteiger partial charge on any atom is 0.410 e. The van der Waals surface area contributed by atoms with Crippen LogP contribution in [-0.2, 0) is 25.5 Å². The summed E-state index contributed by atoms with van der Waals surface area (Å²) in [6, 6.07) is 13.1. The van der Waals surface area contributed by atoms with Gasteiger partial charge in [-0.25, -0.2) is 14.6 Å². The number of benzene rings is 2. The molecule has 0 spiro atoms. The van der Waals surface area contributed by atoms with E-state index >= 15 is 0 Å². The molecule has 3 fully saturated rings. The van der Waals surface area contributed by atoms with Crippen LogP contribution in [0, 0.1) is 12.8 Å². The predicted molar refractivity (Wildman–Crippen MR) is 241 cm³/mol. The van der Waals surface area contributed by atoms with E-state index in [1.54, 1.807) is 28.4 Å². The Bertz CT molecular complexity index is 2540. The van der Waals surface area contributed by atoms with Crippen LogP contribution < -0.4 is 26.1 Å². The van der Waals surface area contributed by atoms with Gasteiger partial charge in [-0.3, -0.25) is 24.5 Å². The van der Waals surface area contributed by atoms with E-state index in [-0.39, 0.29) is 30.2 Å². The maximum atomic E-state index is 14.7. The number of likely N-dealkylation sites (tertiary alicyclic amines) is 2. The molecule has 2 atom stereocenters. The number of amides is 6. The zero-order chi connectivity index (χ0) is 45.0. The number of carbonyl (C=O) groups excluding carboxylic acids is 5. The zero-order valence-corrected chi connectivity index (χ0v) is 37.1. The maximum absolute atomic E-state index is 14.7. The van der Waals surface area contributed by atoms with Crippen LogP contribution >= 0.6 is 0 Å². The molecule has 6 heterocycles. The van der Waals surface area contributed by atoms with Crippen molar-refractivity contribution in [1.82, 2.24) is 40.5 Å². The Morgan fingerprint density at radius 1 is 0.859 bits per heavy atom. The van der Waals surface area contributed by atoms with Gasteiger partial charge in [-0.05, 0) is 107 Å².